The van der Waals surface area contributed by atoms with Crippen molar-refractivity contribution in [3.05, 3.63) is 216 Å². The lowest BCUT2D eigenvalue weighted by Gasteiger charge is -2.30. The first kappa shape index (κ1) is 32.2. The molecule has 2 atom stereocenters. The average Bonchev–Trinajstić information content (AvgIpc) is 3.68. The van der Waals surface area contributed by atoms with Crippen molar-refractivity contribution < 1.29 is 0 Å². The molecular weight excluding hydrogens is 655 g/mol. The topological polar surface area (TPSA) is 19.4 Å². The van der Waals surface area contributed by atoms with E-state index in [1.807, 2.05) is 18.5 Å². The van der Waals surface area contributed by atoms with Gasteiger partial charge in [-0.3, -0.25) is 4.98 Å². The second kappa shape index (κ2) is 12.9. The van der Waals surface area contributed by atoms with Crippen LogP contribution in [0.1, 0.15) is 47.6 Å². The minimum atomic E-state index is -0.0488. The van der Waals surface area contributed by atoms with E-state index in [-0.39, 0.29) is 17.4 Å². The van der Waals surface area contributed by atoms with E-state index in [2.05, 4.69) is 199 Å². The summed E-state index contributed by atoms with van der Waals surface area (Å²) >= 11 is 0. The van der Waals surface area contributed by atoms with Crippen molar-refractivity contribution in [2.45, 2.75) is 37.8 Å². The normalized spacial score (nSPS) is 17.3. The lowest BCUT2D eigenvalue weighted by atomic mass is 9.82. The van der Waals surface area contributed by atoms with E-state index >= 15 is 0 Å². The number of benzene rings is 6. The van der Waals surface area contributed by atoms with E-state index in [0.29, 0.717) is 0 Å². The highest BCUT2D eigenvalue weighted by Crippen LogP contribution is 2.50. The molecule has 0 N–H and O–H groups in total. The largest absolute Gasteiger partial charge is 0.337 e. The molecule has 10 rings (SSSR count). The lowest BCUT2D eigenvalue weighted by Crippen LogP contribution is -2.28. The Morgan fingerprint density at radius 3 is 2.26 bits per heavy atom. The van der Waals surface area contributed by atoms with Crippen LogP contribution in [-0.4, -0.2) is 11.0 Å². The van der Waals surface area contributed by atoms with Gasteiger partial charge in [0.05, 0.1) is 6.04 Å². The third-order valence-corrected chi connectivity index (χ3v) is 11.7. The molecule has 1 aromatic heterocycles. The van der Waals surface area contributed by atoms with Crippen molar-refractivity contribution in [1.29, 1.82) is 0 Å². The van der Waals surface area contributed by atoms with Crippen molar-refractivity contribution in [3.8, 4) is 22.3 Å². The quantitative estimate of drug-likeness (QED) is 0.165. The minimum Gasteiger partial charge on any atom is -0.337 e. The first-order valence-corrected chi connectivity index (χ1v) is 19.0. The summed E-state index contributed by atoms with van der Waals surface area (Å²) in [4.78, 5) is 9.34. The second-order valence-corrected chi connectivity index (χ2v) is 15.2. The van der Waals surface area contributed by atoms with Gasteiger partial charge < -0.3 is 9.80 Å². The first-order valence-electron chi connectivity index (χ1n) is 19.0. The van der Waals surface area contributed by atoms with Crippen LogP contribution >= 0.6 is 0 Å². The summed E-state index contributed by atoms with van der Waals surface area (Å²) in [7, 11) is 0. The highest BCUT2D eigenvalue weighted by Gasteiger charge is 2.38. The third-order valence-electron chi connectivity index (χ3n) is 11.7. The Hall–Kier alpha value is -6.45. The van der Waals surface area contributed by atoms with E-state index in [1.165, 1.54) is 55.9 Å². The highest BCUT2D eigenvalue weighted by atomic mass is 15.2. The molecule has 0 spiro atoms. The Morgan fingerprint density at radius 1 is 0.630 bits per heavy atom. The Kier molecular flexibility index (Phi) is 7.69. The number of nitrogens with zero attached hydrogens (tertiary/aromatic N) is 3. The standard InChI is InChI=1S/C51H41N3/c1-51(2)47-19-8-6-17-43(47)44-27-21-35(30-48(44)51)34-53(42-16-10-12-37(31-42)39-13-11-29-52-33-39)40-25-22-36(23-26-40)38-24-28-50-46(32-38)45-18-7-9-20-49(45)54(50)41-14-4-3-5-15-41/h3-33,46,50H,34H2,1-2H3. The number of hydrogen-bond donors (Lipinski definition) is 0. The van der Waals surface area contributed by atoms with Crippen LogP contribution in [0.15, 0.2) is 188 Å². The molecule has 2 aliphatic carbocycles. The second-order valence-electron chi connectivity index (χ2n) is 15.2. The number of para-hydroxylation sites is 2. The van der Waals surface area contributed by atoms with Crippen molar-refractivity contribution in [3.63, 3.8) is 0 Å². The van der Waals surface area contributed by atoms with Crippen LogP contribution in [0.2, 0.25) is 0 Å². The SMILES string of the molecule is CC1(C)c2ccccc2-c2ccc(CN(c3ccc(C4=CC5c6ccccc6N(c6ccccc6)C5C=C4)cc3)c3cccc(-c4cccnc4)c3)cc21. The van der Waals surface area contributed by atoms with E-state index in [9.17, 15) is 0 Å². The molecule has 0 amide bonds. The van der Waals surface area contributed by atoms with Gasteiger partial charge in [-0.05, 0) is 98.6 Å². The molecule has 2 heterocycles. The van der Waals surface area contributed by atoms with Crippen LogP contribution in [0.25, 0.3) is 27.8 Å². The third kappa shape index (κ3) is 5.39. The number of hydrogen-bond acceptors (Lipinski definition) is 3. The van der Waals surface area contributed by atoms with Crippen LogP contribution in [-0.2, 0) is 12.0 Å². The lowest BCUT2D eigenvalue weighted by molar-refractivity contribution is 0.659. The van der Waals surface area contributed by atoms with Crippen LogP contribution in [0, 0.1) is 0 Å². The van der Waals surface area contributed by atoms with Gasteiger partial charge in [0.2, 0.25) is 0 Å². The summed E-state index contributed by atoms with van der Waals surface area (Å²) in [6.45, 7) is 5.46. The fourth-order valence-corrected chi connectivity index (χ4v) is 9.02. The van der Waals surface area contributed by atoms with Crippen LogP contribution < -0.4 is 9.80 Å². The number of allylic oxidation sites excluding steroid dienone is 2. The summed E-state index contributed by atoms with van der Waals surface area (Å²) in [5, 5.41) is 0. The fraction of sp³-hybridized carbons (Fsp3) is 0.118. The smallest absolute Gasteiger partial charge is 0.0630 e. The van der Waals surface area contributed by atoms with Crippen LogP contribution in [0.5, 0.6) is 0 Å². The number of fused-ring (bicyclic) bond motifs is 6. The first-order chi connectivity index (χ1) is 26.5. The number of pyridine rings is 1. The maximum absolute atomic E-state index is 4.40. The molecule has 6 aromatic carbocycles. The molecular formula is C51H41N3. The van der Waals surface area contributed by atoms with Gasteiger partial charge in [0.1, 0.15) is 0 Å². The van der Waals surface area contributed by atoms with Crippen molar-refractivity contribution >= 4 is 28.3 Å². The molecule has 0 saturated carbocycles. The molecule has 0 radical (unpaired) electrons. The predicted octanol–water partition coefficient (Wildman–Crippen LogP) is 12.7. The van der Waals surface area contributed by atoms with Gasteiger partial charge in [0, 0.05) is 58.6 Å². The summed E-state index contributed by atoms with van der Waals surface area (Å²) in [6.07, 6.45) is 11.0. The number of aromatic nitrogens is 1. The maximum Gasteiger partial charge on any atom is 0.0630 e. The Labute approximate surface area is 318 Å². The van der Waals surface area contributed by atoms with Gasteiger partial charge in [-0.2, -0.15) is 0 Å². The molecule has 3 nitrogen and oxygen atoms in total. The minimum absolute atomic E-state index is 0.0488. The average molecular weight is 696 g/mol. The number of rotatable bonds is 7. The van der Waals surface area contributed by atoms with Gasteiger partial charge in [-0.1, -0.05) is 141 Å². The monoisotopic (exact) mass is 695 g/mol. The highest BCUT2D eigenvalue weighted by molar-refractivity contribution is 5.84. The van der Waals surface area contributed by atoms with Crippen LogP contribution in [0.3, 0.4) is 0 Å². The summed E-state index contributed by atoms with van der Waals surface area (Å²) in [5.41, 5.74) is 17.7. The van der Waals surface area contributed by atoms with Gasteiger partial charge in [0.25, 0.3) is 0 Å². The molecule has 260 valence electrons. The van der Waals surface area contributed by atoms with E-state index < -0.39 is 0 Å². The molecule has 1 aliphatic heterocycles. The molecule has 0 bridgehead atoms. The molecule has 54 heavy (non-hydrogen) atoms. The van der Waals surface area contributed by atoms with E-state index in [1.54, 1.807) is 0 Å². The summed E-state index contributed by atoms with van der Waals surface area (Å²) in [6, 6.07) is 58.0. The summed E-state index contributed by atoms with van der Waals surface area (Å²) in [5.74, 6) is 0.281. The van der Waals surface area contributed by atoms with E-state index in [0.717, 1.165) is 29.0 Å². The van der Waals surface area contributed by atoms with Crippen LogP contribution in [0.4, 0.5) is 22.7 Å². The Balaban J connectivity index is 1.00. The molecule has 0 saturated heterocycles. The zero-order valence-electron chi connectivity index (χ0n) is 30.6. The number of anilines is 4. The Bertz CT molecular complexity index is 2570. The van der Waals surface area contributed by atoms with Crippen molar-refractivity contribution in [2.24, 2.45) is 0 Å². The predicted molar refractivity (Wildman–Crippen MR) is 225 cm³/mol. The van der Waals surface area contributed by atoms with Gasteiger partial charge >= 0.3 is 0 Å². The summed E-state index contributed by atoms with van der Waals surface area (Å²) < 4.78 is 0. The zero-order valence-corrected chi connectivity index (χ0v) is 30.6. The fourth-order valence-electron chi connectivity index (χ4n) is 9.02. The van der Waals surface area contributed by atoms with E-state index in [4.69, 9.17) is 0 Å². The van der Waals surface area contributed by atoms with Gasteiger partial charge in [0.15, 0.2) is 0 Å². The van der Waals surface area contributed by atoms with Crippen molar-refractivity contribution in [2.75, 3.05) is 9.80 Å². The Morgan fingerprint density at radius 2 is 1.41 bits per heavy atom. The molecule has 2 unspecified atom stereocenters. The molecule has 3 heteroatoms. The maximum atomic E-state index is 4.40. The van der Waals surface area contributed by atoms with Crippen molar-refractivity contribution in [1.82, 2.24) is 4.98 Å². The molecule has 0 fully saturated rings. The van der Waals surface area contributed by atoms with Gasteiger partial charge in [-0.25, -0.2) is 0 Å². The zero-order chi connectivity index (χ0) is 36.2. The van der Waals surface area contributed by atoms with Gasteiger partial charge in [-0.15, -0.1) is 0 Å². The molecule has 3 aliphatic rings. The molecule has 7 aromatic rings.